The molecule has 0 saturated carbocycles. The van der Waals surface area contributed by atoms with E-state index in [2.05, 4.69) is 28.2 Å². The number of hydrogen-bond acceptors (Lipinski definition) is 4. The molecular weight excluding hydrogens is 445 g/mol. The molecule has 182 valence electrons. The zero-order valence-electron chi connectivity index (χ0n) is 19.2. The smallest absolute Gasteiger partial charge is 0.416 e. The number of alkyl halides is 3. The summed E-state index contributed by atoms with van der Waals surface area (Å²) in [6, 6.07) is 9.81. The molecular formula is C25H29F3N4O2. The normalized spacial score (nSPS) is 20.9. The Kier molecular flexibility index (Phi) is 6.06. The highest BCUT2D eigenvalue weighted by Gasteiger charge is 2.36. The van der Waals surface area contributed by atoms with E-state index in [0.29, 0.717) is 24.2 Å². The molecule has 2 aromatic carbocycles. The molecule has 3 aliphatic heterocycles. The molecule has 3 aliphatic rings. The highest BCUT2D eigenvalue weighted by atomic mass is 19.4. The molecule has 2 aromatic rings. The number of nitrogens with one attached hydrogen (secondary N) is 1. The van der Waals surface area contributed by atoms with Gasteiger partial charge >= 0.3 is 12.2 Å². The Morgan fingerprint density at radius 2 is 1.79 bits per heavy atom. The lowest BCUT2D eigenvalue weighted by atomic mass is 9.94. The molecule has 5 rings (SSSR count). The highest BCUT2D eigenvalue weighted by molar-refractivity contribution is 5.75. The van der Waals surface area contributed by atoms with Crippen LogP contribution in [0.1, 0.15) is 22.3 Å². The van der Waals surface area contributed by atoms with E-state index in [9.17, 15) is 18.0 Å². The van der Waals surface area contributed by atoms with E-state index in [1.807, 2.05) is 12.1 Å². The van der Waals surface area contributed by atoms with Crippen LogP contribution in [0.25, 0.3) is 0 Å². The molecule has 1 fully saturated rings. The van der Waals surface area contributed by atoms with E-state index in [0.717, 1.165) is 49.2 Å². The van der Waals surface area contributed by atoms with Gasteiger partial charge in [-0.2, -0.15) is 13.2 Å². The number of benzene rings is 2. The SMILES string of the molecule is CN1CCN(c2cccc3c2C[C@H](NC(=O)N2CCc4c(cccc4C(F)(F)F)C2)CO3)CC1. The van der Waals surface area contributed by atoms with Gasteiger partial charge in [0.25, 0.3) is 0 Å². The van der Waals surface area contributed by atoms with Crippen LogP contribution in [0.15, 0.2) is 36.4 Å². The monoisotopic (exact) mass is 474 g/mol. The molecule has 34 heavy (non-hydrogen) atoms. The van der Waals surface area contributed by atoms with Gasteiger partial charge in [-0.15, -0.1) is 0 Å². The van der Waals surface area contributed by atoms with E-state index >= 15 is 0 Å². The first-order valence-electron chi connectivity index (χ1n) is 11.7. The molecule has 6 nitrogen and oxygen atoms in total. The molecule has 0 unspecified atom stereocenters. The summed E-state index contributed by atoms with van der Waals surface area (Å²) >= 11 is 0. The Hall–Kier alpha value is -2.94. The van der Waals surface area contributed by atoms with Crippen molar-refractivity contribution in [3.63, 3.8) is 0 Å². The number of halogens is 3. The van der Waals surface area contributed by atoms with Crippen LogP contribution < -0.4 is 15.0 Å². The second kappa shape index (κ2) is 9.02. The molecule has 2 amide bonds. The molecule has 0 spiro atoms. The maximum Gasteiger partial charge on any atom is 0.416 e. The lowest BCUT2D eigenvalue weighted by Crippen LogP contribution is -2.50. The number of hydrogen-bond donors (Lipinski definition) is 1. The van der Waals surface area contributed by atoms with Crippen molar-refractivity contribution < 1.29 is 22.7 Å². The van der Waals surface area contributed by atoms with Crippen molar-refractivity contribution in [2.75, 3.05) is 51.3 Å². The molecule has 0 aromatic heterocycles. The number of ether oxygens (including phenoxy) is 1. The van der Waals surface area contributed by atoms with Gasteiger partial charge in [0, 0.05) is 56.9 Å². The number of carbonyl (C=O) groups excluding carboxylic acids is 1. The average molecular weight is 475 g/mol. The Morgan fingerprint density at radius 3 is 2.56 bits per heavy atom. The van der Waals surface area contributed by atoms with Crippen molar-refractivity contribution in [3.8, 4) is 5.75 Å². The number of rotatable bonds is 2. The number of urea groups is 1. The topological polar surface area (TPSA) is 48.0 Å². The minimum atomic E-state index is -4.38. The van der Waals surface area contributed by atoms with Crippen LogP contribution in [0.3, 0.4) is 0 Å². The molecule has 1 saturated heterocycles. The minimum Gasteiger partial charge on any atom is -0.491 e. The average Bonchev–Trinajstić information content (AvgIpc) is 2.83. The molecule has 0 aliphatic carbocycles. The summed E-state index contributed by atoms with van der Waals surface area (Å²) < 4.78 is 46.0. The second-order valence-corrected chi connectivity index (χ2v) is 9.32. The van der Waals surface area contributed by atoms with Crippen molar-refractivity contribution in [2.45, 2.75) is 31.6 Å². The Morgan fingerprint density at radius 1 is 1.03 bits per heavy atom. The number of nitrogens with zero attached hydrogens (tertiary/aromatic N) is 3. The van der Waals surface area contributed by atoms with Crippen molar-refractivity contribution in [1.82, 2.24) is 15.1 Å². The quantitative estimate of drug-likeness (QED) is 0.724. The first kappa shape index (κ1) is 22.8. The summed E-state index contributed by atoms with van der Waals surface area (Å²) in [4.78, 5) is 19.3. The van der Waals surface area contributed by atoms with Gasteiger partial charge in [-0.1, -0.05) is 18.2 Å². The molecule has 1 N–H and O–H groups in total. The first-order valence-corrected chi connectivity index (χ1v) is 11.7. The van der Waals surface area contributed by atoms with Crippen LogP contribution in [0.4, 0.5) is 23.7 Å². The summed E-state index contributed by atoms with van der Waals surface area (Å²) in [6.45, 7) is 4.67. The molecule has 0 bridgehead atoms. The Labute approximate surface area is 197 Å². The van der Waals surface area contributed by atoms with Crippen molar-refractivity contribution in [3.05, 3.63) is 58.7 Å². The van der Waals surface area contributed by atoms with Gasteiger partial charge in [-0.05, 0) is 42.8 Å². The van der Waals surface area contributed by atoms with Crippen LogP contribution in [-0.4, -0.2) is 68.3 Å². The van der Waals surface area contributed by atoms with Crippen LogP contribution >= 0.6 is 0 Å². The number of anilines is 1. The predicted molar refractivity (Wildman–Crippen MR) is 123 cm³/mol. The lowest BCUT2D eigenvalue weighted by Gasteiger charge is -2.37. The summed E-state index contributed by atoms with van der Waals surface area (Å²) in [5.41, 5.74) is 2.50. The fourth-order valence-electron chi connectivity index (χ4n) is 5.14. The lowest BCUT2D eigenvalue weighted by molar-refractivity contribution is -0.138. The van der Waals surface area contributed by atoms with Crippen molar-refractivity contribution in [2.24, 2.45) is 0 Å². The van der Waals surface area contributed by atoms with Gasteiger partial charge < -0.3 is 24.8 Å². The summed E-state index contributed by atoms with van der Waals surface area (Å²) in [5, 5.41) is 3.06. The van der Waals surface area contributed by atoms with Crippen LogP contribution in [-0.2, 0) is 25.6 Å². The largest absolute Gasteiger partial charge is 0.491 e. The predicted octanol–water partition coefficient (Wildman–Crippen LogP) is 3.53. The number of piperazine rings is 1. The molecule has 3 heterocycles. The van der Waals surface area contributed by atoms with Gasteiger partial charge in [0.15, 0.2) is 0 Å². The summed E-state index contributed by atoms with van der Waals surface area (Å²) in [6.07, 6.45) is -3.54. The molecule has 9 heteroatoms. The van der Waals surface area contributed by atoms with E-state index < -0.39 is 11.7 Å². The van der Waals surface area contributed by atoms with Crippen molar-refractivity contribution in [1.29, 1.82) is 0 Å². The fourth-order valence-corrected chi connectivity index (χ4v) is 5.14. The molecule has 0 radical (unpaired) electrons. The number of carbonyl (C=O) groups is 1. The minimum absolute atomic E-state index is 0.168. The van der Waals surface area contributed by atoms with Crippen LogP contribution in [0.2, 0.25) is 0 Å². The van der Waals surface area contributed by atoms with E-state index in [1.165, 1.54) is 6.07 Å². The van der Waals surface area contributed by atoms with Crippen LogP contribution in [0, 0.1) is 0 Å². The van der Waals surface area contributed by atoms with Gasteiger partial charge in [0.2, 0.25) is 0 Å². The van der Waals surface area contributed by atoms with Crippen molar-refractivity contribution >= 4 is 11.7 Å². The Balaban J connectivity index is 1.26. The van der Waals surface area contributed by atoms with Crippen LogP contribution in [0.5, 0.6) is 5.75 Å². The summed E-state index contributed by atoms with van der Waals surface area (Å²) in [5.74, 6) is 0.855. The maximum absolute atomic E-state index is 13.3. The van der Waals surface area contributed by atoms with E-state index in [-0.39, 0.29) is 31.6 Å². The van der Waals surface area contributed by atoms with Gasteiger partial charge in [-0.3, -0.25) is 0 Å². The van der Waals surface area contributed by atoms with E-state index in [4.69, 9.17) is 4.74 Å². The fraction of sp³-hybridized carbons (Fsp3) is 0.480. The zero-order chi connectivity index (χ0) is 23.9. The third-order valence-corrected chi connectivity index (χ3v) is 7.03. The number of likely N-dealkylation sites (N-methyl/N-ethyl adjacent to an activating group) is 1. The molecule has 1 atom stereocenters. The number of fused-ring (bicyclic) bond motifs is 2. The number of amides is 2. The summed E-state index contributed by atoms with van der Waals surface area (Å²) in [7, 11) is 2.12. The van der Waals surface area contributed by atoms with E-state index in [1.54, 1.807) is 11.0 Å². The highest BCUT2D eigenvalue weighted by Crippen LogP contribution is 2.36. The maximum atomic E-state index is 13.3. The van der Waals surface area contributed by atoms with Gasteiger partial charge in [-0.25, -0.2) is 4.79 Å². The third kappa shape index (κ3) is 4.53. The second-order valence-electron chi connectivity index (χ2n) is 9.32. The third-order valence-electron chi connectivity index (χ3n) is 7.03. The standard InChI is InChI=1S/C25H29F3N4O2/c1-30-10-12-31(13-11-30)22-6-3-7-23-20(22)14-18(16-34-23)29-24(33)32-9-8-19-17(15-32)4-2-5-21(19)25(26,27)28/h2-7,18H,8-16H2,1H3,(H,29,33)/t18-/m0/s1. The Bertz CT molecular complexity index is 1070. The first-order chi connectivity index (χ1) is 16.3. The zero-order valence-corrected chi connectivity index (χ0v) is 19.2. The van der Waals surface area contributed by atoms with Gasteiger partial charge in [0.05, 0.1) is 11.6 Å². The van der Waals surface area contributed by atoms with Gasteiger partial charge in [0.1, 0.15) is 12.4 Å².